The maximum absolute atomic E-state index is 13.3. The van der Waals surface area contributed by atoms with Gasteiger partial charge in [0.05, 0.1) is 11.4 Å². The third kappa shape index (κ3) is 3.82. The first-order chi connectivity index (χ1) is 9.16. The molecule has 0 bridgehead atoms. The zero-order valence-corrected chi connectivity index (χ0v) is 10.8. The van der Waals surface area contributed by atoms with Crippen LogP contribution >= 0.6 is 11.3 Å². The smallest absolute Gasteiger partial charge is 0.224 e. The molecule has 19 heavy (non-hydrogen) atoms. The van der Waals surface area contributed by atoms with Crippen LogP contribution in [0.25, 0.3) is 0 Å². The summed E-state index contributed by atoms with van der Waals surface area (Å²) in [6.07, 6.45) is 2.01. The molecule has 1 aromatic heterocycles. The van der Waals surface area contributed by atoms with Crippen LogP contribution in [0.1, 0.15) is 10.6 Å². The molecule has 2 aromatic rings. The van der Waals surface area contributed by atoms with Crippen LogP contribution in [0, 0.1) is 11.6 Å². The van der Waals surface area contributed by atoms with E-state index in [0.29, 0.717) is 13.0 Å². The van der Waals surface area contributed by atoms with Gasteiger partial charge in [0.15, 0.2) is 0 Å². The molecule has 0 atom stereocenters. The van der Waals surface area contributed by atoms with Crippen LogP contribution in [0.15, 0.2) is 29.8 Å². The van der Waals surface area contributed by atoms with Crippen molar-refractivity contribution in [1.29, 1.82) is 0 Å². The highest BCUT2D eigenvalue weighted by molar-refractivity contribution is 7.09. The molecule has 0 radical (unpaired) electrons. The van der Waals surface area contributed by atoms with E-state index in [0.717, 1.165) is 17.1 Å². The summed E-state index contributed by atoms with van der Waals surface area (Å²) in [5, 5.41) is 5.39. The van der Waals surface area contributed by atoms with Crippen molar-refractivity contribution in [2.75, 3.05) is 6.54 Å². The molecule has 1 amide bonds. The number of hydrogen-bond donors (Lipinski definition) is 1. The Labute approximate surface area is 113 Å². The molecule has 100 valence electrons. The van der Waals surface area contributed by atoms with Gasteiger partial charge in [-0.25, -0.2) is 13.8 Å². The van der Waals surface area contributed by atoms with E-state index in [2.05, 4.69) is 10.3 Å². The van der Waals surface area contributed by atoms with Crippen molar-refractivity contribution in [3.8, 4) is 0 Å². The fourth-order valence-corrected chi connectivity index (χ4v) is 2.23. The minimum absolute atomic E-state index is 0.200. The average molecular weight is 282 g/mol. The molecule has 0 spiro atoms. The van der Waals surface area contributed by atoms with Gasteiger partial charge in [0.1, 0.15) is 11.6 Å². The third-order valence-electron chi connectivity index (χ3n) is 2.54. The Morgan fingerprint density at radius 1 is 1.32 bits per heavy atom. The van der Waals surface area contributed by atoms with Crippen LogP contribution in [0.4, 0.5) is 8.78 Å². The average Bonchev–Trinajstić information content (AvgIpc) is 2.87. The van der Waals surface area contributed by atoms with E-state index in [9.17, 15) is 13.6 Å². The Morgan fingerprint density at radius 3 is 2.68 bits per heavy atom. The second kappa shape index (κ2) is 6.38. The Morgan fingerprint density at radius 2 is 2.05 bits per heavy atom. The molecule has 1 N–H and O–H groups in total. The molecule has 1 heterocycles. The highest BCUT2D eigenvalue weighted by Crippen LogP contribution is 2.12. The van der Waals surface area contributed by atoms with Gasteiger partial charge in [0, 0.05) is 30.1 Å². The van der Waals surface area contributed by atoms with E-state index < -0.39 is 17.5 Å². The number of rotatable bonds is 5. The lowest BCUT2D eigenvalue weighted by Gasteiger charge is -2.06. The van der Waals surface area contributed by atoms with E-state index in [4.69, 9.17) is 0 Å². The number of carbonyl (C=O) groups excluding carboxylic acids is 1. The largest absolute Gasteiger partial charge is 0.355 e. The van der Waals surface area contributed by atoms with Crippen molar-refractivity contribution >= 4 is 17.2 Å². The third-order valence-corrected chi connectivity index (χ3v) is 3.38. The van der Waals surface area contributed by atoms with E-state index in [-0.39, 0.29) is 12.0 Å². The van der Waals surface area contributed by atoms with E-state index in [1.165, 1.54) is 17.4 Å². The maximum Gasteiger partial charge on any atom is 0.224 e. The van der Waals surface area contributed by atoms with Gasteiger partial charge in [-0.05, 0) is 12.1 Å². The van der Waals surface area contributed by atoms with Crippen molar-refractivity contribution in [3.05, 3.63) is 52.0 Å². The summed E-state index contributed by atoms with van der Waals surface area (Å²) < 4.78 is 26.7. The standard InChI is InChI=1S/C13H12F2N2OS/c14-10-2-1-3-11(15)9(10)8-12(18)16-5-4-13-17-6-7-19-13/h1-3,6-7H,4-5,8H2,(H,16,18). The first-order valence-electron chi connectivity index (χ1n) is 5.75. The number of amides is 1. The lowest BCUT2D eigenvalue weighted by molar-refractivity contribution is -0.120. The van der Waals surface area contributed by atoms with Gasteiger partial charge in [-0.1, -0.05) is 6.07 Å². The van der Waals surface area contributed by atoms with Gasteiger partial charge in [-0.2, -0.15) is 0 Å². The van der Waals surface area contributed by atoms with E-state index >= 15 is 0 Å². The Bertz CT molecular complexity index is 538. The minimum atomic E-state index is -0.699. The van der Waals surface area contributed by atoms with Gasteiger partial charge in [-0.3, -0.25) is 4.79 Å². The fourth-order valence-electron chi connectivity index (χ4n) is 1.61. The highest BCUT2D eigenvalue weighted by atomic mass is 32.1. The zero-order valence-electron chi connectivity index (χ0n) is 10.0. The summed E-state index contributed by atoms with van der Waals surface area (Å²) in [6.45, 7) is 0.405. The van der Waals surface area contributed by atoms with E-state index in [1.807, 2.05) is 5.38 Å². The van der Waals surface area contributed by atoms with Crippen LogP contribution in [-0.4, -0.2) is 17.4 Å². The number of benzene rings is 1. The lowest BCUT2D eigenvalue weighted by Crippen LogP contribution is -2.27. The summed E-state index contributed by atoms with van der Waals surface area (Å²) in [5.41, 5.74) is -0.200. The van der Waals surface area contributed by atoms with Crippen LogP contribution in [0.3, 0.4) is 0 Å². The number of hydrogen-bond acceptors (Lipinski definition) is 3. The second-order valence-corrected chi connectivity index (χ2v) is 4.88. The van der Waals surface area contributed by atoms with Crippen molar-refractivity contribution in [3.63, 3.8) is 0 Å². The van der Waals surface area contributed by atoms with Gasteiger partial charge in [0.25, 0.3) is 0 Å². The summed E-state index contributed by atoms with van der Waals surface area (Å²) in [6, 6.07) is 3.55. The number of nitrogens with one attached hydrogen (secondary N) is 1. The molecular weight excluding hydrogens is 270 g/mol. The topological polar surface area (TPSA) is 42.0 Å². The van der Waals surface area contributed by atoms with Gasteiger partial charge >= 0.3 is 0 Å². The molecule has 2 rings (SSSR count). The van der Waals surface area contributed by atoms with E-state index in [1.54, 1.807) is 6.20 Å². The van der Waals surface area contributed by atoms with Crippen molar-refractivity contribution < 1.29 is 13.6 Å². The molecule has 0 saturated carbocycles. The van der Waals surface area contributed by atoms with Crippen LogP contribution in [0.5, 0.6) is 0 Å². The molecule has 1 aromatic carbocycles. The van der Waals surface area contributed by atoms with Gasteiger partial charge in [-0.15, -0.1) is 11.3 Å². The number of thiazole rings is 1. The SMILES string of the molecule is O=C(Cc1c(F)cccc1F)NCCc1nccs1. The van der Waals surface area contributed by atoms with Crippen molar-refractivity contribution in [2.45, 2.75) is 12.8 Å². The normalized spacial score (nSPS) is 10.4. The van der Waals surface area contributed by atoms with Crippen molar-refractivity contribution in [2.24, 2.45) is 0 Å². The molecule has 0 saturated heterocycles. The van der Waals surface area contributed by atoms with Gasteiger partial charge in [0.2, 0.25) is 5.91 Å². The lowest BCUT2D eigenvalue weighted by atomic mass is 10.1. The van der Waals surface area contributed by atoms with Crippen molar-refractivity contribution in [1.82, 2.24) is 10.3 Å². The second-order valence-electron chi connectivity index (χ2n) is 3.90. The molecule has 3 nitrogen and oxygen atoms in total. The Hall–Kier alpha value is -1.82. The fraction of sp³-hybridized carbons (Fsp3) is 0.231. The predicted octanol–water partition coefficient (Wildman–Crippen LogP) is 2.32. The molecule has 0 aliphatic rings. The Balaban J connectivity index is 1.84. The summed E-state index contributed by atoms with van der Waals surface area (Å²) in [7, 11) is 0. The zero-order chi connectivity index (χ0) is 13.7. The number of carbonyl (C=O) groups is 1. The molecular formula is C13H12F2N2OS. The molecule has 0 unspecified atom stereocenters. The molecule has 0 fully saturated rings. The molecule has 6 heteroatoms. The quantitative estimate of drug-likeness (QED) is 0.914. The maximum atomic E-state index is 13.3. The van der Waals surface area contributed by atoms with Gasteiger partial charge < -0.3 is 5.32 Å². The first kappa shape index (κ1) is 13.6. The summed E-state index contributed by atoms with van der Waals surface area (Å²) in [4.78, 5) is 15.7. The molecule has 0 aliphatic heterocycles. The minimum Gasteiger partial charge on any atom is -0.355 e. The number of nitrogens with zero attached hydrogens (tertiary/aromatic N) is 1. The van der Waals surface area contributed by atoms with Crippen LogP contribution in [-0.2, 0) is 17.6 Å². The Kier molecular flexibility index (Phi) is 4.57. The number of halogens is 2. The van der Waals surface area contributed by atoms with Crippen LogP contribution in [0.2, 0.25) is 0 Å². The first-order valence-corrected chi connectivity index (χ1v) is 6.62. The molecule has 0 aliphatic carbocycles. The monoisotopic (exact) mass is 282 g/mol. The predicted molar refractivity (Wildman–Crippen MR) is 68.9 cm³/mol. The number of aromatic nitrogens is 1. The highest BCUT2D eigenvalue weighted by Gasteiger charge is 2.12. The summed E-state index contributed by atoms with van der Waals surface area (Å²) >= 11 is 1.50. The summed E-state index contributed by atoms with van der Waals surface area (Å²) in [5.74, 6) is -1.80. The van der Waals surface area contributed by atoms with Crippen LogP contribution < -0.4 is 5.32 Å².